The maximum absolute atomic E-state index is 12.7. The van der Waals surface area contributed by atoms with Crippen LogP contribution >= 0.6 is 0 Å². The Morgan fingerprint density at radius 2 is 2.14 bits per heavy atom. The Labute approximate surface area is 121 Å². The van der Waals surface area contributed by atoms with Crippen LogP contribution in [-0.4, -0.2) is 42.4 Å². The van der Waals surface area contributed by atoms with E-state index >= 15 is 0 Å². The molecule has 2 amide bonds. The van der Waals surface area contributed by atoms with Crippen LogP contribution in [0.5, 0.6) is 0 Å². The van der Waals surface area contributed by atoms with Crippen molar-refractivity contribution in [3.63, 3.8) is 0 Å². The third-order valence-corrected chi connectivity index (χ3v) is 3.94. The molecule has 10 heteroatoms. The van der Waals surface area contributed by atoms with Crippen molar-refractivity contribution in [3.05, 3.63) is 18.5 Å². The molecule has 2 N–H and O–H groups in total. The maximum Gasteiger partial charge on any atom is 0.328 e. The third-order valence-electron chi connectivity index (χ3n) is 2.56. The Morgan fingerprint density at radius 3 is 2.62 bits per heavy atom. The van der Waals surface area contributed by atoms with Crippen LogP contribution < -0.4 is 10.0 Å². The molecule has 0 spiro atoms. The molecule has 0 saturated heterocycles. The van der Waals surface area contributed by atoms with Crippen molar-refractivity contribution in [2.75, 3.05) is 12.3 Å². The van der Waals surface area contributed by atoms with Crippen molar-refractivity contribution in [2.45, 2.75) is 32.2 Å². The van der Waals surface area contributed by atoms with E-state index in [0.717, 1.165) is 0 Å². The molecule has 0 aliphatic rings. The van der Waals surface area contributed by atoms with Crippen molar-refractivity contribution in [3.8, 4) is 0 Å². The lowest BCUT2D eigenvalue weighted by molar-refractivity contribution is 0.0472. The van der Waals surface area contributed by atoms with E-state index in [9.17, 15) is 22.0 Å². The smallest absolute Gasteiger partial charge is 0.328 e. The van der Waals surface area contributed by atoms with Crippen LogP contribution in [0.25, 0.3) is 0 Å². The second kappa shape index (κ2) is 6.83. The van der Waals surface area contributed by atoms with Crippen LogP contribution in [0.2, 0.25) is 0 Å². The summed E-state index contributed by atoms with van der Waals surface area (Å²) in [6.45, 7) is 2.47. The third kappa shape index (κ3) is 6.52. The zero-order chi connectivity index (χ0) is 16.1. The number of hydrogen-bond donors (Lipinski definition) is 2. The van der Waals surface area contributed by atoms with Gasteiger partial charge in [-0.2, -0.15) is 5.10 Å². The zero-order valence-corrected chi connectivity index (χ0v) is 12.5. The number of carbonyl (C=O) groups is 1. The zero-order valence-electron chi connectivity index (χ0n) is 11.7. The normalized spacial score (nSPS) is 13.7. The molecule has 1 unspecified atom stereocenters. The Bertz CT molecular complexity index is 555. The molecular weight excluding hydrogens is 306 g/mol. The Morgan fingerprint density at radius 1 is 1.48 bits per heavy atom. The van der Waals surface area contributed by atoms with Gasteiger partial charge in [-0.15, -0.1) is 0 Å². The monoisotopic (exact) mass is 324 g/mol. The molecule has 1 rings (SSSR count). The van der Waals surface area contributed by atoms with Gasteiger partial charge in [-0.05, 0) is 12.5 Å². The van der Waals surface area contributed by atoms with Gasteiger partial charge in [0.2, 0.25) is 10.0 Å². The molecule has 1 heterocycles. The van der Waals surface area contributed by atoms with E-state index in [1.807, 2.05) is 6.92 Å². The van der Waals surface area contributed by atoms with Crippen LogP contribution in [0, 0.1) is 0 Å². The average Bonchev–Trinajstić information content (AvgIpc) is 2.79. The van der Waals surface area contributed by atoms with E-state index in [-0.39, 0.29) is 12.6 Å². The van der Waals surface area contributed by atoms with Crippen LogP contribution in [-0.2, 0) is 10.0 Å². The van der Waals surface area contributed by atoms with Gasteiger partial charge in [0.1, 0.15) is 5.75 Å². The van der Waals surface area contributed by atoms with Crippen LogP contribution in [0.15, 0.2) is 18.5 Å². The van der Waals surface area contributed by atoms with E-state index in [1.165, 1.54) is 0 Å². The SMILES string of the molecule is CCC(CNC(=O)NS(=O)(=O)CC(C)(F)F)n1cccn1. The lowest BCUT2D eigenvalue weighted by atomic mass is 10.2. The van der Waals surface area contributed by atoms with Crippen molar-refractivity contribution >= 4 is 16.1 Å². The highest BCUT2D eigenvalue weighted by Crippen LogP contribution is 2.13. The quantitative estimate of drug-likeness (QED) is 0.786. The summed E-state index contributed by atoms with van der Waals surface area (Å²) < 4.78 is 51.2. The van der Waals surface area contributed by atoms with Crippen LogP contribution in [0.4, 0.5) is 13.6 Å². The first-order valence-corrected chi connectivity index (χ1v) is 7.93. The molecule has 120 valence electrons. The summed E-state index contributed by atoms with van der Waals surface area (Å²) in [5.74, 6) is -4.85. The minimum Gasteiger partial charge on any atom is -0.335 e. The van der Waals surface area contributed by atoms with E-state index < -0.39 is 27.7 Å². The maximum atomic E-state index is 12.7. The molecule has 1 atom stereocenters. The van der Waals surface area contributed by atoms with Crippen molar-refractivity contribution in [1.29, 1.82) is 0 Å². The molecule has 21 heavy (non-hydrogen) atoms. The summed E-state index contributed by atoms with van der Waals surface area (Å²) in [7, 11) is -4.38. The fourth-order valence-electron chi connectivity index (χ4n) is 1.68. The summed E-state index contributed by atoms with van der Waals surface area (Å²) in [5.41, 5.74) is 0. The lowest BCUT2D eigenvalue weighted by Crippen LogP contribution is -2.44. The minimum absolute atomic E-state index is 0.127. The number of hydrogen-bond acceptors (Lipinski definition) is 4. The number of sulfonamides is 1. The predicted octanol–water partition coefficient (Wildman–Crippen LogP) is 1.12. The Kier molecular flexibility index (Phi) is 5.64. The summed E-state index contributed by atoms with van der Waals surface area (Å²) in [5, 5.41) is 6.34. The highest BCUT2D eigenvalue weighted by molar-refractivity contribution is 7.90. The molecule has 0 aliphatic heterocycles. The van der Waals surface area contributed by atoms with Gasteiger partial charge in [-0.25, -0.2) is 26.7 Å². The molecule has 7 nitrogen and oxygen atoms in total. The Balaban J connectivity index is 2.50. The van der Waals surface area contributed by atoms with Gasteiger partial charge in [-0.1, -0.05) is 6.92 Å². The van der Waals surface area contributed by atoms with Gasteiger partial charge in [-0.3, -0.25) is 4.68 Å². The number of rotatable bonds is 7. The molecule has 0 aromatic carbocycles. The minimum atomic E-state index is -4.38. The van der Waals surface area contributed by atoms with Gasteiger partial charge in [0.15, 0.2) is 0 Å². The summed E-state index contributed by atoms with van der Waals surface area (Å²) in [6, 6.07) is 0.530. The van der Waals surface area contributed by atoms with Gasteiger partial charge in [0, 0.05) is 25.9 Å². The van der Waals surface area contributed by atoms with Gasteiger partial charge < -0.3 is 5.32 Å². The predicted molar refractivity (Wildman–Crippen MR) is 72.5 cm³/mol. The molecule has 1 aromatic heterocycles. The van der Waals surface area contributed by atoms with Gasteiger partial charge in [0.05, 0.1) is 6.04 Å². The molecule has 1 aromatic rings. The fourth-order valence-corrected chi connectivity index (χ4v) is 2.77. The van der Waals surface area contributed by atoms with E-state index in [0.29, 0.717) is 13.3 Å². The summed E-state index contributed by atoms with van der Waals surface area (Å²) in [6.07, 6.45) is 3.94. The lowest BCUT2D eigenvalue weighted by Gasteiger charge is -2.17. The topological polar surface area (TPSA) is 93.1 Å². The van der Waals surface area contributed by atoms with Gasteiger partial charge >= 0.3 is 6.03 Å². The van der Waals surface area contributed by atoms with Crippen LogP contribution in [0.3, 0.4) is 0 Å². The average molecular weight is 324 g/mol. The second-order valence-electron chi connectivity index (χ2n) is 4.69. The largest absolute Gasteiger partial charge is 0.335 e. The first-order valence-electron chi connectivity index (χ1n) is 6.28. The summed E-state index contributed by atoms with van der Waals surface area (Å²) in [4.78, 5) is 11.5. The number of alkyl halides is 2. The number of carbonyl (C=O) groups excluding carboxylic acids is 1. The first kappa shape index (κ1) is 17.3. The number of amides is 2. The number of aromatic nitrogens is 2. The van der Waals surface area contributed by atoms with Gasteiger partial charge in [0.25, 0.3) is 5.92 Å². The molecule has 0 radical (unpaired) electrons. The first-order chi connectivity index (χ1) is 9.63. The molecular formula is C11H18F2N4O3S. The van der Waals surface area contributed by atoms with Crippen molar-refractivity contribution in [1.82, 2.24) is 19.8 Å². The van der Waals surface area contributed by atoms with Crippen molar-refractivity contribution < 1.29 is 22.0 Å². The standard InChI is InChI=1S/C11H18F2N4O3S/c1-3-9(17-6-4-5-15-17)7-14-10(18)16-21(19,20)8-11(2,12)13/h4-6,9H,3,7-8H2,1-2H3,(H2,14,16,18). The second-order valence-corrected chi connectivity index (χ2v) is 6.41. The number of halogens is 2. The summed E-state index contributed by atoms with van der Waals surface area (Å²) >= 11 is 0. The molecule has 0 saturated carbocycles. The molecule has 0 aliphatic carbocycles. The van der Waals surface area contributed by atoms with E-state index in [1.54, 1.807) is 27.9 Å². The van der Waals surface area contributed by atoms with Crippen LogP contribution in [0.1, 0.15) is 26.3 Å². The number of nitrogens with zero attached hydrogens (tertiary/aromatic N) is 2. The van der Waals surface area contributed by atoms with Crippen molar-refractivity contribution in [2.24, 2.45) is 0 Å². The molecule has 0 bridgehead atoms. The number of urea groups is 1. The number of nitrogens with one attached hydrogen (secondary N) is 2. The molecule has 0 fully saturated rings. The highest BCUT2D eigenvalue weighted by atomic mass is 32.2. The van der Waals surface area contributed by atoms with E-state index in [2.05, 4.69) is 10.4 Å². The fraction of sp³-hybridized carbons (Fsp3) is 0.636. The van der Waals surface area contributed by atoms with E-state index in [4.69, 9.17) is 0 Å². The Hall–Kier alpha value is -1.71. The highest BCUT2D eigenvalue weighted by Gasteiger charge is 2.31.